The second-order valence-electron chi connectivity index (χ2n) is 3.75. The van der Waals surface area contributed by atoms with E-state index in [4.69, 9.17) is 23.8 Å². The molecule has 1 unspecified atom stereocenters. The van der Waals surface area contributed by atoms with Crippen molar-refractivity contribution in [1.29, 1.82) is 0 Å². The van der Waals surface area contributed by atoms with Gasteiger partial charge in [-0.25, -0.2) is 0 Å². The van der Waals surface area contributed by atoms with E-state index in [1.807, 2.05) is 0 Å². The van der Waals surface area contributed by atoms with E-state index in [0.717, 1.165) is 0 Å². The quantitative estimate of drug-likeness (QED) is 0.785. The van der Waals surface area contributed by atoms with Crippen LogP contribution in [0, 0.1) is 18.3 Å². The summed E-state index contributed by atoms with van der Waals surface area (Å²) >= 11 is 5.74. The van der Waals surface area contributed by atoms with E-state index in [2.05, 4.69) is 5.92 Å². The summed E-state index contributed by atoms with van der Waals surface area (Å²) < 4.78 is 0. The molecule has 0 aliphatic carbocycles. The molecule has 3 nitrogen and oxygen atoms in total. The first kappa shape index (κ1) is 13.6. The molecule has 2 atom stereocenters. The standard InChI is InChI=1S/C13H14ClNO2/c1-2-3-4-11(13(15)17)12(16)9-5-7-10(14)8-6-9/h1,5-8,11-12,16H,3-4H2,(H2,15,17)/t11-,12?/m1/s1. The molecule has 0 aliphatic rings. The van der Waals surface area contributed by atoms with Crippen molar-refractivity contribution in [3.63, 3.8) is 0 Å². The summed E-state index contributed by atoms with van der Waals surface area (Å²) in [6.07, 6.45) is 4.96. The van der Waals surface area contributed by atoms with Crippen LogP contribution in [-0.4, -0.2) is 11.0 Å². The van der Waals surface area contributed by atoms with Crippen LogP contribution in [-0.2, 0) is 4.79 Å². The minimum atomic E-state index is -0.946. The summed E-state index contributed by atoms with van der Waals surface area (Å²) in [5.41, 5.74) is 5.86. The number of terminal acetylenes is 1. The average molecular weight is 252 g/mol. The second-order valence-corrected chi connectivity index (χ2v) is 4.18. The van der Waals surface area contributed by atoms with Crippen LogP contribution in [0.2, 0.25) is 5.02 Å². The lowest BCUT2D eigenvalue weighted by Gasteiger charge is -2.19. The number of aliphatic hydroxyl groups is 1. The number of rotatable bonds is 5. The van der Waals surface area contributed by atoms with Gasteiger partial charge in [0.25, 0.3) is 0 Å². The largest absolute Gasteiger partial charge is 0.388 e. The van der Waals surface area contributed by atoms with E-state index in [1.54, 1.807) is 24.3 Å². The molecule has 0 heterocycles. The van der Waals surface area contributed by atoms with Crippen molar-refractivity contribution in [3.05, 3.63) is 34.9 Å². The number of amides is 1. The molecule has 3 N–H and O–H groups in total. The van der Waals surface area contributed by atoms with Gasteiger partial charge in [0.15, 0.2) is 0 Å². The Morgan fingerprint density at radius 2 is 2.06 bits per heavy atom. The maximum atomic E-state index is 11.3. The van der Waals surface area contributed by atoms with Crippen LogP contribution in [0.5, 0.6) is 0 Å². The van der Waals surface area contributed by atoms with Crippen molar-refractivity contribution in [1.82, 2.24) is 0 Å². The normalized spacial score (nSPS) is 13.7. The molecule has 0 fully saturated rings. The van der Waals surface area contributed by atoms with Crippen LogP contribution >= 0.6 is 11.6 Å². The fraction of sp³-hybridized carbons (Fsp3) is 0.308. The summed E-state index contributed by atoms with van der Waals surface area (Å²) in [7, 11) is 0. The van der Waals surface area contributed by atoms with E-state index in [1.165, 1.54) is 0 Å². The first-order valence-electron chi connectivity index (χ1n) is 5.22. The van der Waals surface area contributed by atoms with Crippen LogP contribution in [0.3, 0.4) is 0 Å². The Morgan fingerprint density at radius 1 is 1.47 bits per heavy atom. The van der Waals surface area contributed by atoms with E-state index in [9.17, 15) is 9.90 Å². The van der Waals surface area contributed by atoms with Gasteiger partial charge in [-0.3, -0.25) is 4.79 Å². The van der Waals surface area contributed by atoms with Gasteiger partial charge in [0, 0.05) is 11.4 Å². The monoisotopic (exact) mass is 251 g/mol. The van der Waals surface area contributed by atoms with Crippen LogP contribution < -0.4 is 5.73 Å². The molecular formula is C13H14ClNO2. The molecule has 90 valence electrons. The molecule has 0 saturated carbocycles. The van der Waals surface area contributed by atoms with E-state index >= 15 is 0 Å². The number of primary amides is 1. The SMILES string of the molecule is C#CCC[C@@H](C(N)=O)C(O)c1ccc(Cl)cc1. The fourth-order valence-corrected chi connectivity index (χ4v) is 1.71. The summed E-state index contributed by atoms with van der Waals surface area (Å²) in [4.78, 5) is 11.3. The zero-order chi connectivity index (χ0) is 12.8. The van der Waals surface area contributed by atoms with Gasteiger partial charge in [0.05, 0.1) is 12.0 Å². The minimum absolute atomic E-state index is 0.371. The van der Waals surface area contributed by atoms with Crippen molar-refractivity contribution >= 4 is 17.5 Å². The van der Waals surface area contributed by atoms with Crippen molar-refractivity contribution in [2.75, 3.05) is 0 Å². The number of hydrogen-bond donors (Lipinski definition) is 2. The zero-order valence-electron chi connectivity index (χ0n) is 9.27. The van der Waals surface area contributed by atoms with Gasteiger partial charge in [-0.05, 0) is 24.1 Å². The van der Waals surface area contributed by atoms with Gasteiger partial charge < -0.3 is 10.8 Å². The fourth-order valence-electron chi connectivity index (χ4n) is 1.59. The smallest absolute Gasteiger partial charge is 0.223 e. The van der Waals surface area contributed by atoms with Crippen molar-refractivity contribution in [2.24, 2.45) is 11.7 Å². The molecule has 0 bridgehead atoms. The number of halogens is 1. The zero-order valence-corrected chi connectivity index (χ0v) is 10.0. The van der Waals surface area contributed by atoms with Crippen LogP contribution in [0.1, 0.15) is 24.5 Å². The molecule has 4 heteroatoms. The Balaban J connectivity index is 2.84. The molecule has 1 rings (SSSR count). The molecule has 1 aromatic carbocycles. The molecule has 0 spiro atoms. The average Bonchev–Trinajstić information content (AvgIpc) is 2.29. The Kier molecular flexibility index (Phi) is 5.02. The predicted octanol–water partition coefficient (Wildman–Crippen LogP) is 1.89. The molecule has 0 radical (unpaired) electrons. The van der Waals surface area contributed by atoms with Crippen LogP contribution in [0.15, 0.2) is 24.3 Å². The highest BCUT2D eigenvalue weighted by Gasteiger charge is 2.25. The lowest BCUT2D eigenvalue weighted by Crippen LogP contribution is -2.28. The Hall–Kier alpha value is -1.50. The molecule has 0 saturated heterocycles. The van der Waals surface area contributed by atoms with Gasteiger partial charge in [0.2, 0.25) is 5.91 Å². The molecule has 1 aromatic rings. The Labute approximate surface area is 106 Å². The topological polar surface area (TPSA) is 63.3 Å². The van der Waals surface area contributed by atoms with Crippen molar-refractivity contribution < 1.29 is 9.90 Å². The highest BCUT2D eigenvalue weighted by molar-refractivity contribution is 6.30. The highest BCUT2D eigenvalue weighted by atomic mass is 35.5. The van der Waals surface area contributed by atoms with Crippen LogP contribution in [0.25, 0.3) is 0 Å². The number of benzene rings is 1. The maximum Gasteiger partial charge on any atom is 0.223 e. The molecule has 17 heavy (non-hydrogen) atoms. The molecular weight excluding hydrogens is 238 g/mol. The Morgan fingerprint density at radius 3 is 2.53 bits per heavy atom. The first-order chi connectivity index (χ1) is 8.06. The predicted molar refractivity (Wildman–Crippen MR) is 67.2 cm³/mol. The van der Waals surface area contributed by atoms with Gasteiger partial charge in [0.1, 0.15) is 0 Å². The van der Waals surface area contributed by atoms with Crippen molar-refractivity contribution in [3.8, 4) is 12.3 Å². The third-order valence-electron chi connectivity index (χ3n) is 2.56. The number of carbonyl (C=O) groups excluding carboxylic acids is 1. The summed E-state index contributed by atoms with van der Waals surface area (Å²) in [6.45, 7) is 0. The third kappa shape index (κ3) is 3.77. The molecule has 0 aromatic heterocycles. The molecule has 0 aliphatic heterocycles. The van der Waals surface area contributed by atoms with Gasteiger partial charge >= 0.3 is 0 Å². The summed E-state index contributed by atoms with van der Waals surface area (Å²) in [6, 6.07) is 6.64. The van der Waals surface area contributed by atoms with E-state index < -0.39 is 17.9 Å². The number of hydrogen-bond acceptors (Lipinski definition) is 2. The van der Waals surface area contributed by atoms with Gasteiger partial charge in [-0.2, -0.15) is 0 Å². The van der Waals surface area contributed by atoms with Crippen molar-refractivity contribution in [2.45, 2.75) is 18.9 Å². The Bertz CT molecular complexity index is 422. The third-order valence-corrected chi connectivity index (χ3v) is 2.81. The van der Waals surface area contributed by atoms with E-state index in [0.29, 0.717) is 23.4 Å². The summed E-state index contributed by atoms with van der Waals surface area (Å²) in [5, 5.41) is 10.6. The highest BCUT2D eigenvalue weighted by Crippen LogP contribution is 2.26. The maximum absolute atomic E-state index is 11.3. The first-order valence-corrected chi connectivity index (χ1v) is 5.60. The number of nitrogens with two attached hydrogens (primary N) is 1. The second kappa shape index (κ2) is 6.29. The number of aliphatic hydroxyl groups excluding tert-OH is 1. The summed E-state index contributed by atoms with van der Waals surface area (Å²) in [5.74, 6) is 1.20. The van der Waals surface area contributed by atoms with Gasteiger partial charge in [-0.15, -0.1) is 12.3 Å². The minimum Gasteiger partial charge on any atom is -0.388 e. The number of carbonyl (C=O) groups is 1. The van der Waals surface area contributed by atoms with Gasteiger partial charge in [-0.1, -0.05) is 23.7 Å². The van der Waals surface area contributed by atoms with E-state index in [-0.39, 0.29) is 0 Å². The van der Waals surface area contributed by atoms with Crippen LogP contribution in [0.4, 0.5) is 0 Å². The lowest BCUT2D eigenvalue weighted by molar-refractivity contribution is -0.125. The molecule has 1 amide bonds. The lowest BCUT2D eigenvalue weighted by atomic mass is 9.91.